The Balaban J connectivity index is 1.97. The fourth-order valence-corrected chi connectivity index (χ4v) is 1.82. The van der Waals surface area contributed by atoms with Crippen molar-refractivity contribution >= 4 is 23.3 Å². The minimum atomic E-state index is -0.370. The molecular weight excluding hydrogens is 286 g/mol. The van der Waals surface area contributed by atoms with Crippen molar-refractivity contribution in [3.8, 4) is 5.75 Å². The van der Waals surface area contributed by atoms with E-state index < -0.39 is 0 Å². The molecule has 1 heterocycles. The standard InChI is InChI=1S/C15H17N3O4/c1-10(19)17-13-6-5-11(8-14(13)21-2)18-15(20)16-9-12-4-3-7-22-12/h3-8H,9H2,1-2H3,(H,17,19)(H2,16,18,20). The Hall–Kier alpha value is -2.96. The number of methoxy groups -OCH3 is 1. The van der Waals surface area contributed by atoms with Crippen LogP contribution in [0.1, 0.15) is 12.7 Å². The fraction of sp³-hybridized carbons (Fsp3) is 0.200. The van der Waals surface area contributed by atoms with E-state index in [1.807, 2.05) is 0 Å². The van der Waals surface area contributed by atoms with Crippen molar-refractivity contribution in [2.45, 2.75) is 13.5 Å². The van der Waals surface area contributed by atoms with Crippen LogP contribution in [0.25, 0.3) is 0 Å². The second kappa shape index (κ2) is 7.16. The van der Waals surface area contributed by atoms with Crippen LogP contribution < -0.4 is 20.7 Å². The lowest BCUT2D eigenvalue weighted by Crippen LogP contribution is -2.28. The molecule has 0 saturated carbocycles. The van der Waals surface area contributed by atoms with Gasteiger partial charge in [-0.15, -0.1) is 0 Å². The number of anilines is 2. The smallest absolute Gasteiger partial charge is 0.319 e. The summed E-state index contributed by atoms with van der Waals surface area (Å²) in [6, 6.07) is 8.10. The first-order valence-corrected chi connectivity index (χ1v) is 6.61. The molecule has 0 aliphatic carbocycles. The van der Waals surface area contributed by atoms with E-state index in [-0.39, 0.29) is 11.9 Å². The molecule has 0 unspecified atom stereocenters. The van der Waals surface area contributed by atoms with Gasteiger partial charge >= 0.3 is 6.03 Å². The molecule has 0 spiro atoms. The van der Waals surface area contributed by atoms with Crippen LogP contribution in [0.15, 0.2) is 41.0 Å². The Labute approximate surface area is 127 Å². The van der Waals surface area contributed by atoms with E-state index in [1.54, 1.807) is 36.6 Å². The number of amides is 3. The Kier molecular flexibility index (Phi) is 5.02. The number of ether oxygens (including phenoxy) is 1. The molecule has 7 nitrogen and oxygen atoms in total. The summed E-state index contributed by atoms with van der Waals surface area (Å²) in [6.07, 6.45) is 1.54. The molecular formula is C15H17N3O4. The zero-order valence-electron chi connectivity index (χ0n) is 12.3. The molecule has 7 heteroatoms. The van der Waals surface area contributed by atoms with Crippen molar-refractivity contribution in [3.63, 3.8) is 0 Å². The van der Waals surface area contributed by atoms with Crippen molar-refractivity contribution < 1.29 is 18.7 Å². The number of hydrogen-bond acceptors (Lipinski definition) is 4. The third-order valence-corrected chi connectivity index (χ3v) is 2.77. The quantitative estimate of drug-likeness (QED) is 0.791. The summed E-state index contributed by atoms with van der Waals surface area (Å²) >= 11 is 0. The van der Waals surface area contributed by atoms with Crippen LogP contribution in [0.3, 0.4) is 0 Å². The van der Waals surface area contributed by atoms with E-state index in [0.717, 1.165) is 0 Å². The van der Waals surface area contributed by atoms with Gasteiger partial charge in [-0.25, -0.2) is 4.79 Å². The van der Waals surface area contributed by atoms with Crippen LogP contribution in [0.5, 0.6) is 5.75 Å². The predicted molar refractivity (Wildman–Crippen MR) is 81.9 cm³/mol. The Bertz CT molecular complexity index is 653. The molecule has 0 saturated heterocycles. The molecule has 0 atom stereocenters. The van der Waals surface area contributed by atoms with Gasteiger partial charge in [-0.2, -0.15) is 0 Å². The maximum Gasteiger partial charge on any atom is 0.319 e. The van der Waals surface area contributed by atoms with Gasteiger partial charge in [0.1, 0.15) is 11.5 Å². The van der Waals surface area contributed by atoms with Crippen molar-refractivity contribution in [2.24, 2.45) is 0 Å². The highest BCUT2D eigenvalue weighted by atomic mass is 16.5. The summed E-state index contributed by atoms with van der Waals surface area (Å²) < 4.78 is 10.3. The summed E-state index contributed by atoms with van der Waals surface area (Å²) in [5.74, 6) is 0.919. The van der Waals surface area contributed by atoms with Gasteiger partial charge in [-0.05, 0) is 24.3 Å². The van der Waals surface area contributed by atoms with Gasteiger partial charge in [0, 0.05) is 18.7 Å². The van der Waals surface area contributed by atoms with E-state index >= 15 is 0 Å². The molecule has 0 aliphatic rings. The molecule has 2 rings (SSSR count). The number of carbonyl (C=O) groups is 2. The van der Waals surface area contributed by atoms with Crippen LogP contribution >= 0.6 is 0 Å². The summed E-state index contributed by atoms with van der Waals surface area (Å²) in [7, 11) is 1.49. The number of furan rings is 1. The highest BCUT2D eigenvalue weighted by Gasteiger charge is 2.08. The minimum Gasteiger partial charge on any atom is -0.494 e. The van der Waals surface area contributed by atoms with Gasteiger partial charge in [-0.3, -0.25) is 4.79 Å². The highest BCUT2D eigenvalue weighted by Crippen LogP contribution is 2.27. The largest absolute Gasteiger partial charge is 0.494 e. The van der Waals surface area contributed by atoms with Crippen LogP contribution in [0.4, 0.5) is 16.2 Å². The molecule has 0 fully saturated rings. The van der Waals surface area contributed by atoms with Crippen LogP contribution in [0, 0.1) is 0 Å². The van der Waals surface area contributed by atoms with Gasteiger partial charge in [-0.1, -0.05) is 0 Å². The van der Waals surface area contributed by atoms with E-state index in [0.29, 0.717) is 29.4 Å². The number of urea groups is 1. The molecule has 0 aliphatic heterocycles. The van der Waals surface area contributed by atoms with Gasteiger partial charge in [0.15, 0.2) is 0 Å². The van der Waals surface area contributed by atoms with Crippen LogP contribution in [-0.4, -0.2) is 19.0 Å². The van der Waals surface area contributed by atoms with Crippen molar-refractivity contribution in [1.29, 1.82) is 0 Å². The molecule has 1 aromatic carbocycles. The average Bonchev–Trinajstić information content (AvgIpc) is 2.99. The molecule has 1 aromatic heterocycles. The zero-order chi connectivity index (χ0) is 15.9. The second-order valence-corrected chi connectivity index (χ2v) is 4.48. The first kappa shape index (κ1) is 15.4. The minimum absolute atomic E-state index is 0.199. The van der Waals surface area contributed by atoms with E-state index in [9.17, 15) is 9.59 Å². The number of carbonyl (C=O) groups excluding carboxylic acids is 2. The SMILES string of the molecule is COc1cc(NC(=O)NCc2ccco2)ccc1NC(C)=O. The third-order valence-electron chi connectivity index (χ3n) is 2.77. The molecule has 2 aromatic rings. The predicted octanol–water partition coefficient (Wildman–Crippen LogP) is 2.57. The Morgan fingerprint density at radius 2 is 2.05 bits per heavy atom. The molecule has 0 bridgehead atoms. The van der Waals surface area contributed by atoms with E-state index in [1.165, 1.54) is 14.0 Å². The van der Waals surface area contributed by atoms with Crippen LogP contribution in [0.2, 0.25) is 0 Å². The normalized spacial score (nSPS) is 9.91. The fourth-order valence-electron chi connectivity index (χ4n) is 1.82. The third kappa shape index (κ3) is 4.27. The van der Waals surface area contributed by atoms with Gasteiger partial charge in [0.25, 0.3) is 0 Å². The first-order chi connectivity index (χ1) is 10.6. The second-order valence-electron chi connectivity index (χ2n) is 4.48. The van der Waals surface area contributed by atoms with Gasteiger partial charge in [0.2, 0.25) is 5.91 Å². The summed E-state index contributed by atoms with van der Waals surface area (Å²) in [4.78, 5) is 22.9. The van der Waals surface area contributed by atoms with Crippen molar-refractivity contribution in [2.75, 3.05) is 17.7 Å². The van der Waals surface area contributed by atoms with Gasteiger partial charge < -0.3 is 25.1 Å². The molecule has 3 N–H and O–H groups in total. The monoisotopic (exact) mass is 303 g/mol. The number of hydrogen-bond donors (Lipinski definition) is 3. The Morgan fingerprint density at radius 1 is 1.23 bits per heavy atom. The summed E-state index contributed by atoms with van der Waals surface area (Å²) in [6.45, 7) is 1.70. The van der Waals surface area contributed by atoms with Crippen molar-refractivity contribution in [1.82, 2.24) is 5.32 Å². The number of nitrogens with one attached hydrogen (secondary N) is 3. The molecule has 116 valence electrons. The lowest BCUT2D eigenvalue weighted by atomic mass is 10.2. The summed E-state index contributed by atoms with van der Waals surface area (Å²) in [5, 5.41) is 7.98. The van der Waals surface area contributed by atoms with Crippen molar-refractivity contribution in [3.05, 3.63) is 42.4 Å². The summed E-state index contributed by atoms with van der Waals surface area (Å²) in [5.41, 5.74) is 1.08. The molecule has 3 amide bonds. The maximum absolute atomic E-state index is 11.8. The highest BCUT2D eigenvalue weighted by molar-refractivity contribution is 5.93. The lowest BCUT2D eigenvalue weighted by Gasteiger charge is -2.12. The maximum atomic E-state index is 11.8. The molecule has 0 radical (unpaired) electrons. The number of benzene rings is 1. The van der Waals surface area contributed by atoms with Gasteiger partial charge in [0.05, 0.1) is 25.6 Å². The zero-order valence-corrected chi connectivity index (χ0v) is 12.3. The Morgan fingerprint density at radius 3 is 2.68 bits per heavy atom. The molecule has 22 heavy (non-hydrogen) atoms. The first-order valence-electron chi connectivity index (χ1n) is 6.61. The van der Waals surface area contributed by atoms with E-state index in [2.05, 4.69) is 16.0 Å². The lowest BCUT2D eigenvalue weighted by molar-refractivity contribution is -0.114. The van der Waals surface area contributed by atoms with Crippen LogP contribution in [-0.2, 0) is 11.3 Å². The average molecular weight is 303 g/mol. The van der Waals surface area contributed by atoms with E-state index in [4.69, 9.17) is 9.15 Å². The number of rotatable bonds is 5. The topological polar surface area (TPSA) is 92.6 Å².